The Bertz CT molecular complexity index is 1230. The predicted molar refractivity (Wildman–Crippen MR) is 121 cm³/mol. The van der Waals surface area contributed by atoms with E-state index in [0.717, 1.165) is 22.2 Å². The molecule has 1 aliphatic heterocycles. The van der Waals surface area contributed by atoms with Gasteiger partial charge in [0.2, 0.25) is 0 Å². The van der Waals surface area contributed by atoms with E-state index in [2.05, 4.69) is 10.3 Å². The average molecular weight is 455 g/mol. The van der Waals surface area contributed by atoms with Crippen molar-refractivity contribution >= 4 is 26.7 Å². The number of benzene rings is 2. The zero-order valence-electron chi connectivity index (χ0n) is 18.1. The van der Waals surface area contributed by atoms with Crippen LogP contribution < -0.4 is 10.1 Å². The second kappa shape index (κ2) is 8.88. The first kappa shape index (κ1) is 22.2. The van der Waals surface area contributed by atoms with Crippen LogP contribution in [0.1, 0.15) is 17.7 Å². The third-order valence-electron chi connectivity index (χ3n) is 5.75. The normalized spacial score (nSPS) is 15.2. The first-order valence-electron chi connectivity index (χ1n) is 10.4. The predicted octanol–water partition coefficient (Wildman–Crippen LogP) is 3.05. The number of hydrogen-bond acceptors (Lipinski definition) is 7. The number of pyridine rings is 1. The summed E-state index contributed by atoms with van der Waals surface area (Å²) in [7, 11) is -2.25. The molecule has 4 rings (SSSR count). The molecule has 2 aromatic carbocycles. The van der Waals surface area contributed by atoms with E-state index in [1.165, 1.54) is 7.11 Å². The van der Waals surface area contributed by atoms with Crippen LogP contribution in [-0.4, -0.2) is 45.3 Å². The Hall–Kier alpha value is -2.97. The second-order valence-electron chi connectivity index (χ2n) is 8.32. The van der Waals surface area contributed by atoms with Gasteiger partial charge in [0.25, 0.3) is 0 Å². The van der Waals surface area contributed by atoms with E-state index >= 15 is 0 Å². The molecular formula is C24H26N2O5S. The minimum absolute atomic E-state index is 0.0796. The highest BCUT2D eigenvalue weighted by Crippen LogP contribution is 2.32. The van der Waals surface area contributed by atoms with Crippen molar-refractivity contribution < 1.29 is 22.7 Å². The summed E-state index contributed by atoms with van der Waals surface area (Å²) in [6, 6.07) is 16.3. The van der Waals surface area contributed by atoms with Crippen molar-refractivity contribution in [3.63, 3.8) is 0 Å². The summed E-state index contributed by atoms with van der Waals surface area (Å²) in [4.78, 5) is 16.5. The molecule has 1 saturated heterocycles. The number of para-hydroxylation sites is 1. The van der Waals surface area contributed by atoms with Crippen LogP contribution in [0, 0.1) is 12.3 Å². The van der Waals surface area contributed by atoms with E-state index in [9.17, 15) is 13.2 Å². The molecule has 168 valence electrons. The number of carbonyl (C=O) groups excluding carboxylic acids is 1. The van der Waals surface area contributed by atoms with Gasteiger partial charge in [0.1, 0.15) is 12.4 Å². The molecule has 7 nitrogen and oxygen atoms in total. The number of ether oxygens (including phenoxy) is 2. The molecule has 0 aliphatic carbocycles. The van der Waals surface area contributed by atoms with Gasteiger partial charge in [0.15, 0.2) is 9.84 Å². The van der Waals surface area contributed by atoms with Crippen LogP contribution in [-0.2, 0) is 26.0 Å². The smallest absolute Gasteiger partial charge is 0.306 e. The van der Waals surface area contributed by atoms with E-state index in [1.807, 2.05) is 37.3 Å². The number of esters is 1. The fraction of sp³-hybridized carbons (Fsp3) is 0.333. The third kappa shape index (κ3) is 4.76. The summed E-state index contributed by atoms with van der Waals surface area (Å²) in [5.74, 6) is 0.0753. The Morgan fingerprint density at radius 2 is 1.84 bits per heavy atom. The van der Waals surface area contributed by atoms with Crippen molar-refractivity contribution in [2.24, 2.45) is 5.41 Å². The number of methoxy groups -OCH3 is 1. The molecule has 1 N–H and O–H groups in total. The zero-order valence-corrected chi connectivity index (χ0v) is 18.9. The molecule has 0 unspecified atom stereocenters. The number of carbonyl (C=O) groups is 1. The van der Waals surface area contributed by atoms with Gasteiger partial charge in [-0.25, -0.2) is 8.42 Å². The Morgan fingerprint density at radius 3 is 2.50 bits per heavy atom. The van der Waals surface area contributed by atoms with Gasteiger partial charge in [-0.3, -0.25) is 9.78 Å². The molecule has 0 bridgehead atoms. The van der Waals surface area contributed by atoms with Gasteiger partial charge in [-0.15, -0.1) is 0 Å². The molecule has 32 heavy (non-hydrogen) atoms. The van der Waals surface area contributed by atoms with Crippen molar-refractivity contribution in [3.8, 4) is 5.75 Å². The minimum atomic E-state index is -3.56. The number of aromatic nitrogens is 1. The lowest BCUT2D eigenvalue weighted by Crippen LogP contribution is -2.57. The lowest BCUT2D eigenvalue weighted by molar-refractivity contribution is -0.143. The Balaban J connectivity index is 1.46. The molecule has 1 aromatic heterocycles. The topological polar surface area (TPSA) is 94.6 Å². The highest BCUT2D eigenvalue weighted by molar-refractivity contribution is 7.91. The molecule has 2 heterocycles. The van der Waals surface area contributed by atoms with Crippen LogP contribution in [0.5, 0.6) is 5.75 Å². The first-order valence-corrected chi connectivity index (χ1v) is 12.0. The highest BCUT2D eigenvalue weighted by atomic mass is 32.2. The molecule has 0 saturated carbocycles. The van der Waals surface area contributed by atoms with Crippen molar-refractivity contribution in [1.82, 2.24) is 10.3 Å². The van der Waals surface area contributed by atoms with Crippen LogP contribution in [0.4, 0.5) is 0 Å². The van der Waals surface area contributed by atoms with Crippen LogP contribution in [0.2, 0.25) is 0 Å². The summed E-state index contributed by atoms with van der Waals surface area (Å²) in [6.45, 7) is 3.24. The molecule has 0 amide bonds. The van der Waals surface area contributed by atoms with Crippen LogP contribution in [0.3, 0.4) is 0 Å². The quantitative estimate of drug-likeness (QED) is 0.523. The largest absolute Gasteiger partial charge is 0.489 e. The molecule has 1 aliphatic rings. The maximum absolute atomic E-state index is 13.0. The number of nitrogens with zero attached hydrogens (tertiary/aromatic N) is 1. The van der Waals surface area contributed by atoms with Crippen molar-refractivity contribution in [2.75, 3.05) is 26.0 Å². The summed E-state index contributed by atoms with van der Waals surface area (Å²) < 4.78 is 36.6. The van der Waals surface area contributed by atoms with E-state index in [4.69, 9.17) is 9.47 Å². The molecule has 0 spiro atoms. The van der Waals surface area contributed by atoms with Crippen molar-refractivity contribution in [2.45, 2.75) is 24.8 Å². The van der Waals surface area contributed by atoms with Gasteiger partial charge < -0.3 is 14.8 Å². The Kier molecular flexibility index (Phi) is 6.17. The number of rotatable bonds is 8. The number of nitrogens with one attached hydrogen (secondary N) is 1. The molecule has 8 heteroatoms. The number of fused-ring (bicyclic) bond motifs is 1. The zero-order chi connectivity index (χ0) is 22.8. The fourth-order valence-corrected chi connectivity index (χ4v) is 5.87. The van der Waals surface area contributed by atoms with E-state index in [1.54, 1.807) is 24.3 Å². The number of sulfone groups is 1. The van der Waals surface area contributed by atoms with Crippen molar-refractivity contribution in [3.05, 3.63) is 65.9 Å². The van der Waals surface area contributed by atoms with Crippen LogP contribution >= 0.6 is 0 Å². The molecular weight excluding hydrogens is 428 g/mol. The van der Waals surface area contributed by atoms with Crippen LogP contribution in [0.25, 0.3) is 10.9 Å². The maximum Gasteiger partial charge on any atom is 0.306 e. The minimum Gasteiger partial charge on any atom is -0.489 e. The molecule has 3 aromatic rings. The lowest BCUT2D eigenvalue weighted by atomic mass is 9.80. The Labute approximate surface area is 187 Å². The summed E-state index contributed by atoms with van der Waals surface area (Å²) >= 11 is 0. The summed E-state index contributed by atoms with van der Waals surface area (Å²) in [5, 5.41) is 4.10. The van der Waals surface area contributed by atoms with Crippen molar-refractivity contribution in [1.29, 1.82) is 0 Å². The Morgan fingerprint density at radius 1 is 1.12 bits per heavy atom. The first-order chi connectivity index (χ1) is 15.3. The summed E-state index contributed by atoms with van der Waals surface area (Å²) in [5.41, 5.74) is 2.22. The maximum atomic E-state index is 13.0. The highest BCUT2D eigenvalue weighted by Gasteiger charge is 2.43. The van der Waals surface area contributed by atoms with E-state index < -0.39 is 21.2 Å². The fourth-order valence-electron chi connectivity index (χ4n) is 4.04. The van der Waals surface area contributed by atoms with E-state index in [-0.39, 0.29) is 17.1 Å². The SMILES string of the molecule is COC(=O)CC1(CS(=O)(=O)c2ccc(OCc3cc(C)nc4ccccc34)cc2)CNC1. The summed E-state index contributed by atoms with van der Waals surface area (Å²) in [6.07, 6.45) is 0.0796. The third-order valence-corrected chi connectivity index (χ3v) is 7.73. The molecule has 0 radical (unpaired) electrons. The standard InChI is InChI=1S/C24H26N2O5S/c1-17-11-18(21-5-3-4-6-22(21)26-17)13-31-19-7-9-20(10-8-19)32(28,29)16-24(14-25-15-24)12-23(27)30-2/h3-11,25H,12-16H2,1-2H3. The monoisotopic (exact) mass is 454 g/mol. The van der Waals surface area contributed by atoms with E-state index in [0.29, 0.717) is 25.4 Å². The van der Waals surface area contributed by atoms with Gasteiger partial charge in [-0.2, -0.15) is 0 Å². The van der Waals surface area contributed by atoms with Gasteiger partial charge in [-0.1, -0.05) is 18.2 Å². The van der Waals surface area contributed by atoms with Gasteiger partial charge in [-0.05, 0) is 43.3 Å². The number of aryl methyl sites for hydroxylation is 1. The number of hydrogen-bond donors (Lipinski definition) is 1. The van der Waals surface area contributed by atoms with Gasteiger partial charge >= 0.3 is 5.97 Å². The molecule has 0 atom stereocenters. The lowest BCUT2D eigenvalue weighted by Gasteiger charge is -2.41. The average Bonchev–Trinajstić information content (AvgIpc) is 2.75. The van der Waals surface area contributed by atoms with Gasteiger partial charge in [0.05, 0.1) is 29.7 Å². The molecule has 1 fully saturated rings. The van der Waals surface area contributed by atoms with Gasteiger partial charge in [0, 0.05) is 35.1 Å². The second-order valence-corrected chi connectivity index (χ2v) is 10.3. The van der Waals surface area contributed by atoms with Crippen LogP contribution in [0.15, 0.2) is 59.5 Å².